The van der Waals surface area contributed by atoms with Gasteiger partial charge in [0.2, 0.25) is 0 Å². The van der Waals surface area contributed by atoms with Crippen molar-refractivity contribution >= 4 is 5.97 Å². The lowest BCUT2D eigenvalue weighted by Gasteiger charge is -2.44. The maximum Gasteiger partial charge on any atom is 0.338 e. The Hall–Kier alpha value is -1.59. The van der Waals surface area contributed by atoms with Crippen molar-refractivity contribution < 1.29 is 24.1 Å². The first-order valence-corrected chi connectivity index (χ1v) is 10.4. The van der Waals surface area contributed by atoms with Gasteiger partial charge in [-0.2, -0.15) is 0 Å². The number of carbonyl (C=O) groups is 1. The molecule has 1 saturated heterocycles. The number of methoxy groups -OCH3 is 1. The molecule has 1 aromatic rings. The van der Waals surface area contributed by atoms with Crippen LogP contribution in [0.5, 0.6) is 5.75 Å². The molecule has 1 aliphatic heterocycles. The van der Waals surface area contributed by atoms with E-state index in [1.54, 1.807) is 31.4 Å². The van der Waals surface area contributed by atoms with E-state index in [4.69, 9.17) is 14.2 Å². The van der Waals surface area contributed by atoms with Gasteiger partial charge in [-0.05, 0) is 61.8 Å². The Morgan fingerprint density at radius 1 is 1.18 bits per heavy atom. The highest BCUT2D eigenvalue weighted by atomic mass is 16.6. The molecule has 3 fully saturated rings. The third kappa shape index (κ3) is 3.03. The summed E-state index contributed by atoms with van der Waals surface area (Å²) in [5.74, 6) is 0.362. The highest BCUT2D eigenvalue weighted by Crippen LogP contribution is 2.63. The minimum Gasteiger partial charge on any atom is -0.497 e. The SMILES string of the molecule is COc1ccc(C(=O)OC2CC3(C)OC3CC3(C)CCC(O)(C(C)C)C23)cc1. The largest absolute Gasteiger partial charge is 0.497 e. The molecule has 6 atom stereocenters. The Balaban J connectivity index is 1.64. The van der Waals surface area contributed by atoms with Crippen LogP contribution in [0.3, 0.4) is 0 Å². The van der Waals surface area contributed by atoms with Gasteiger partial charge in [-0.3, -0.25) is 0 Å². The monoisotopic (exact) mass is 388 g/mol. The standard InChI is InChI=1S/C23H32O5/c1-14(2)23(25)11-10-21(3)13-18-22(4,28-18)12-17(19(21)23)27-20(24)15-6-8-16(26-5)9-7-15/h6-9,14,17-19,25H,10-13H2,1-5H3. The summed E-state index contributed by atoms with van der Waals surface area (Å²) >= 11 is 0. The van der Waals surface area contributed by atoms with Crippen LogP contribution in [-0.4, -0.2) is 41.6 Å². The average molecular weight is 389 g/mol. The smallest absolute Gasteiger partial charge is 0.338 e. The lowest BCUT2D eigenvalue weighted by atomic mass is 9.67. The van der Waals surface area contributed by atoms with Gasteiger partial charge in [0.1, 0.15) is 11.9 Å². The van der Waals surface area contributed by atoms with E-state index in [2.05, 4.69) is 27.7 Å². The second-order valence-electron chi connectivity index (χ2n) is 9.78. The van der Waals surface area contributed by atoms with E-state index in [0.717, 1.165) is 19.3 Å². The van der Waals surface area contributed by atoms with E-state index in [1.807, 2.05) is 0 Å². The Morgan fingerprint density at radius 2 is 1.86 bits per heavy atom. The third-order valence-corrected chi connectivity index (χ3v) is 7.64. The van der Waals surface area contributed by atoms with Crippen molar-refractivity contribution in [3.63, 3.8) is 0 Å². The number of carbonyl (C=O) groups excluding carboxylic acids is 1. The summed E-state index contributed by atoms with van der Waals surface area (Å²) in [5, 5.41) is 11.6. The highest BCUT2D eigenvalue weighted by molar-refractivity contribution is 5.89. The molecule has 1 aromatic carbocycles. The van der Waals surface area contributed by atoms with Crippen LogP contribution in [0.1, 0.15) is 63.7 Å². The van der Waals surface area contributed by atoms with Gasteiger partial charge in [0.15, 0.2) is 0 Å². The number of hydrogen-bond donors (Lipinski definition) is 1. The predicted octanol–water partition coefficient (Wildman–Crippen LogP) is 3.98. The molecule has 6 unspecified atom stereocenters. The Bertz CT molecular complexity index is 759. The van der Waals surface area contributed by atoms with Gasteiger partial charge >= 0.3 is 5.97 Å². The summed E-state index contributed by atoms with van der Waals surface area (Å²) < 4.78 is 17.3. The van der Waals surface area contributed by atoms with Crippen LogP contribution in [0.15, 0.2) is 24.3 Å². The first kappa shape index (κ1) is 19.7. The van der Waals surface area contributed by atoms with Crippen LogP contribution in [0.25, 0.3) is 0 Å². The molecule has 154 valence electrons. The van der Waals surface area contributed by atoms with E-state index in [1.165, 1.54) is 0 Å². The maximum absolute atomic E-state index is 12.9. The normalized spacial score (nSPS) is 41.8. The molecule has 0 bridgehead atoms. The molecule has 2 saturated carbocycles. The Kier molecular flexibility index (Phi) is 4.55. The lowest BCUT2D eigenvalue weighted by Crippen LogP contribution is -2.50. The summed E-state index contributed by atoms with van der Waals surface area (Å²) in [6, 6.07) is 6.96. The lowest BCUT2D eigenvalue weighted by molar-refractivity contribution is -0.120. The molecular weight excluding hydrogens is 356 g/mol. The van der Waals surface area contributed by atoms with Gasteiger partial charge in [0.25, 0.3) is 0 Å². The maximum atomic E-state index is 12.9. The van der Waals surface area contributed by atoms with Crippen molar-refractivity contribution in [2.24, 2.45) is 17.3 Å². The third-order valence-electron chi connectivity index (χ3n) is 7.64. The number of ether oxygens (including phenoxy) is 3. The number of benzene rings is 1. The summed E-state index contributed by atoms with van der Waals surface area (Å²) in [6.07, 6.45) is 3.05. The van der Waals surface area contributed by atoms with Crippen LogP contribution in [-0.2, 0) is 9.47 Å². The Morgan fingerprint density at radius 3 is 2.46 bits per heavy atom. The van der Waals surface area contributed by atoms with E-state index < -0.39 is 5.60 Å². The fraction of sp³-hybridized carbons (Fsp3) is 0.696. The number of hydrogen-bond acceptors (Lipinski definition) is 5. The molecule has 0 radical (unpaired) electrons. The second kappa shape index (κ2) is 6.46. The van der Waals surface area contributed by atoms with Crippen LogP contribution >= 0.6 is 0 Å². The average Bonchev–Trinajstić information content (AvgIpc) is 3.19. The van der Waals surface area contributed by atoms with Crippen molar-refractivity contribution in [2.75, 3.05) is 7.11 Å². The molecule has 2 aliphatic carbocycles. The summed E-state index contributed by atoms with van der Waals surface area (Å²) in [5.41, 5.74) is -0.678. The molecule has 0 aromatic heterocycles. The first-order valence-electron chi connectivity index (χ1n) is 10.4. The van der Waals surface area contributed by atoms with Crippen LogP contribution < -0.4 is 4.74 Å². The van der Waals surface area contributed by atoms with Crippen LogP contribution in [0.4, 0.5) is 0 Å². The van der Waals surface area contributed by atoms with Crippen molar-refractivity contribution in [1.29, 1.82) is 0 Å². The van der Waals surface area contributed by atoms with E-state index >= 15 is 0 Å². The van der Waals surface area contributed by atoms with Crippen molar-refractivity contribution in [3.05, 3.63) is 29.8 Å². The number of epoxide rings is 1. The zero-order valence-electron chi connectivity index (χ0n) is 17.5. The molecule has 3 aliphatic rings. The molecule has 1 N–H and O–H groups in total. The zero-order chi connectivity index (χ0) is 20.3. The van der Waals surface area contributed by atoms with E-state index in [-0.39, 0.29) is 41.0 Å². The van der Waals surface area contributed by atoms with Crippen molar-refractivity contribution in [1.82, 2.24) is 0 Å². The molecule has 5 heteroatoms. The van der Waals surface area contributed by atoms with Gasteiger partial charge < -0.3 is 19.3 Å². The van der Waals surface area contributed by atoms with Gasteiger partial charge in [0, 0.05) is 12.3 Å². The fourth-order valence-corrected chi connectivity index (χ4v) is 5.76. The fourth-order valence-electron chi connectivity index (χ4n) is 5.76. The van der Waals surface area contributed by atoms with Crippen LogP contribution in [0, 0.1) is 17.3 Å². The van der Waals surface area contributed by atoms with E-state index in [9.17, 15) is 9.90 Å². The topological polar surface area (TPSA) is 68.3 Å². The highest BCUT2D eigenvalue weighted by Gasteiger charge is 2.68. The Labute approximate surface area is 167 Å². The number of aliphatic hydroxyl groups is 1. The molecular formula is C23H32O5. The van der Waals surface area contributed by atoms with Crippen LogP contribution in [0.2, 0.25) is 0 Å². The first-order chi connectivity index (χ1) is 13.1. The quantitative estimate of drug-likeness (QED) is 0.624. The summed E-state index contributed by atoms with van der Waals surface area (Å²) in [4.78, 5) is 12.9. The zero-order valence-corrected chi connectivity index (χ0v) is 17.5. The summed E-state index contributed by atoms with van der Waals surface area (Å²) in [7, 11) is 1.60. The minimum atomic E-state index is -0.827. The molecule has 28 heavy (non-hydrogen) atoms. The van der Waals surface area contributed by atoms with Gasteiger partial charge in [-0.1, -0.05) is 20.8 Å². The minimum absolute atomic E-state index is 0.0876. The molecule has 4 rings (SSSR count). The van der Waals surface area contributed by atoms with Gasteiger partial charge in [0.05, 0.1) is 30.0 Å². The molecule has 0 spiro atoms. The van der Waals surface area contributed by atoms with Gasteiger partial charge in [-0.25, -0.2) is 4.79 Å². The second-order valence-corrected chi connectivity index (χ2v) is 9.78. The summed E-state index contributed by atoms with van der Waals surface area (Å²) in [6.45, 7) is 8.47. The van der Waals surface area contributed by atoms with Crippen molar-refractivity contribution in [3.8, 4) is 5.75 Å². The predicted molar refractivity (Wildman–Crippen MR) is 105 cm³/mol. The number of rotatable bonds is 4. The molecule has 5 nitrogen and oxygen atoms in total. The van der Waals surface area contributed by atoms with Crippen molar-refractivity contribution in [2.45, 2.75) is 76.8 Å². The number of fused-ring (bicyclic) bond motifs is 2. The molecule has 0 amide bonds. The van der Waals surface area contributed by atoms with Gasteiger partial charge in [-0.15, -0.1) is 0 Å². The molecule has 1 heterocycles. The number of esters is 1. The van der Waals surface area contributed by atoms with E-state index in [0.29, 0.717) is 17.7 Å².